The number of rotatable bonds is 6. The lowest BCUT2D eigenvalue weighted by atomic mass is 9.95. The van der Waals surface area contributed by atoms with Crippen molar-refractivity contribution in [1.29, 1.82) is 0 Å². The van der Waals surface area contributed by atoms with Gasteiger partial charge in [0.05, 0.1) is 11.9 Å². The second-order valence-electron chi connectivity index (χ2n) is 5.85. The second-order valence-corrected chi connectivity index (χ2v) is 5.85. The van der Waals surface area contributed by atoms with Crippen molar-refractivity contribution in [1.82, 2.24) is 4.98 Å². The zero-order valence-electron chi connectivity index (χ0n) is 13.7. The van der Waals surface area contributed by atoms with Gasteiger partial charge >= 0.3 is 0 Å². The number of hydrogen-bond acceptors (Lipinski definition) is 4. The first kappa shape index (κ1) is 17.6. The molecule has 0 aliphatic heterocycles. The Morgan fingerprint density at radius 1 is 1.12 bits per heavy atom. The standard InChI is InChI=1S/C18H21N3O3/c1-13(22)20-15-7-5-14(6-8-15)9-10-18(2,24)17(23)21-16-4-3-11-19-12-16/h3-8,11-12,24H,9-10H2,1-2H3,(H,20,22)(H,21,23)/t18-/m0/s1. The summed E-state index contributed by atoms with van der Waals surface area (Å²) in [5, 5.41) is 15.7. The minimum Gasteiger partial charge on any atom is -0.380 e. The Kier molecular flexibility index (Phi) is 5.65. The predicted octanol–water partition coefficient (Wildman–Crippen LogP) is 2.36. The predicted molar refractivity (Wildman–Crippen MR) is 92.6 cm³/mol. The highest BCUT2D eigenvalue weighted by atomic mass is 16.3. The van der Waals surface area contributed by atoms with Gasteiger partial charge in [-0.25, -0.2) is 0 Å². The lowest BCUT2D eigenvalue weighted by Crippen LogP contribution is -2.40. The van der Waals surface area contributed by atoms with Crippen LogP contribution in [-0.2, 0) is 16.0 Å². The molecule has 2 amide bonds. The van der Waals surface area contributed by atoms with Crippen LogP contribution in [0.1, 0.15) is 25.8 Å². The number of nitrogens with one attached hydrogen (secondary N) is 2. The average molecular weight is 327 g/mol. The average Bonchev–Trinajstić information content (AvgIpc) is 2.54. The first-order valence-corrected chi connectivity index (χ1v) is 7.67. The summed E-state index contributed by atoms with van der Waals surface area (Å²) >= 11 is 0. The zero-order valence-corrected chi connectivity index (χ0v) is 13.7. The molecule has 24 heavy (non-hydrogen) atoms. The summed E-state index contributed by atoms with van der Waals surface area (Å²) in [5.74, 6) is -0.594. The van der Waals surface area contributed by atoms with E-state index >= 15 is 0 Å². The fraction of sp³-hybridized carbons (Fsp3) is 0.278. The summed E-state index contributed by atoms with van der Waals surface area (Å²) in [6, 6.07) is 10.7. The number of aromatic nitrogens is 1. The van der Waals surface area contributed by atoms with Gasteiger partial charge in [-0.15, -0.1) is 0 Å². The van der Waals surface area contributed by atoms with Gasteiger partial charge in [-0.05, 0) is 49.6 Å². The largest absolute Gasteiger partial charge is 0.380 e. The highest BCUT2D eigenvalue weighted by molar-refractivity contribution is 5.96. The molecule has 0 bridgehead atoms. The number of aliphatic hydroxyl groups is 1. The van der Waals surface area contributed by atoms with Crippen LogP contribution in [0.5, 0.6) is 0 Å². The lowest BCUT2D eigenvalue weighted by Gasteiger charge is -2.22. The maximum absolute atomic E-state index is 12.2. The summed E-state index contributed by atoms with van der Waals surface area (Å²) in [4.78, 5) is 27.1. The Labute approximate surface area is 140 Å². The number of pyridine rings is 1. The molecule has 6 heteroatoms. The third-order valence-electron chi connectivity index (χ3n) is 3.58. The van der Waals surface area contributed by atoms with Crippen LogP contribution in [0.3, 0.4) is 0 Å². The molecule has 3 N–H and O–H groups in total. The maximum atomic E-state index is 12.2. The fourth-order valence-electron chi connectivity index (χ4n) is 2.16. The van der Waals surface area contributed by atoms with E-state index in [1.807, 2.05) is 12.1 Å². The normalized spacial score (nSPS) is 13.0. The van der Waals surface area contributed by atoms with E-state index in [1.165, 1.54) is 20.0 Å². The van der Waals surface area contributed by atoms with Gasteiger partial charge in [0, 0.05) is 18.8 Å². The monoisotopic (exact) mass is 327 g/mol. The van der Waals surface area contributed by atoms with E-state index in [9.17, 15) is 14.7 Å². The number of nitrogens with zero attached hydrogens (tertiary/aromatic N) is 1. The highest BCUT2D eigenvalue weighted by Crippen LogP contribution is 2.18. The lowest BCUT2D eigenvalue weighted by molar-refractivity contribution is -0.132. The molecule has 2 aromatic rings. The molecule has 1 heterocycles. The van der Waals surface area contributed by atoms with Crippen molar-refractivity contribution < 1.29 is 14.7 Å². The molecule has 0 fully saturated rings. The number of carbonyl (C=O) groups excluding carboxylic acids is 2. The summed E-state index contributed by atoms with van der Waals surface area (Å²) in [6.07, 6.45) is 3.94. The van der Waals surface area contributed by atoms with Crippen LogP contribution in [0.25, 0.3) is 0 Å². The number of benzene rings is 1. The molecule has 0 aliphatic rings. The van der Waals surface area contributed by atoms with Crippen LogP contribution < -0.4 is 10.6 Å². The van der Waals surface area contributed by atoms with Crippen LogP contribution >= 0.6 is 0 Å². The molecule has 0 saturated heterocycles. The number of amides is 2. The van der Waals surface area contributed by atoms with Gasteiger partial charge in [-0.2, -0.15) is 0 Å². The maximum Gasteiger partial charge on any atom is 0.256 e. The molecular formula is C18H21N3O3. The number of aryl methyl sites for hydroxylation is 1. The summed E-state index contributed by atoms with van der Waals surface area (Å²) < 4.78 is 0. The smallest absolute Gasteiger partial charge is 0.256 e. The van der Waals surface area contributed by atoms with Crippen molar-refractivity contribution >= 4 is 23.2 Å². The van der Waals surface area contributed by atoms with Gasteiger partial charge in [0.1, 0.15) is 5.60 Å². The Balaban J connectivity index is 1.91. The van der Waals surface area contributed by atoms with Gasteiger partial charge < -0.3 is 15.7 Å². The van der Waals surface area contributed by atoms with Crippen LogP contribution in [0.4, 0.5) is 11.4 Å². The molecule has 1 aromatic carbocycles. The molecule has 1 aromatic heterocycles. The van der Waals surface area contributed by atoms with E-state index < -0.39 is 11.5 Å². The molecular weight excluding hydrogens is 306 g/mol. The molecule has 126 valence electrons. The molecule has 0 aliphatic carbocycles. The third kappa shape index (κ3) is 5.17. The first-order valence-electron chi connectivity index (χ1n) is 7.67. The van der Waals surface area contributed by atoms with E-state index in [2.05, 4.69) is 15.6 Å². The molecule has 0 radical (unpaired) electrons. The summed E-state index contributed by atoms with van der Waals surface area (Å²) in [5.41, 5.74) is 0.736. The summed E-state index contributed by atoms with van der Waals surface area (Å²) in [6.45, 7) is 2.94. The molecule has 6 nitrogen and oxygen atoms in total. The Bertz CT molecular complexity index is 697. The number of anilines is 2. The molecule has 0 unspecified atom stereocenters. The van der Waals surface area contributed by atoms with Gasteiger partial charge in [-0.1, -0.05) is 12.1 Å². The van der Waals surface area contributed by atoms with Crippen LogP contribution in [0, 0.1) is 0 Å². The Morgan fingerprint density at radius 2 is 1.83 bits per heavy atom. The Hall–Kier alpha value is -2.73. The van der Waals surface area contributed by atoms with Gasteiger partial charge in [0.2, 0.25) is 5.91 Å². The van der Waals surface area contributed by atoms with Crippen molar-refractivity contribution in [3.8, 4) is 0 Å². The minimum absolute atomic E-state index is 0.127. The van der Waals surface area contributed by atoms with E-state index in [4.69, 9.17) is 0 Å². The molecule has 2 rings (SSSR count). The van der Waals surface area contributed by atoms with E-state index in [-0.39, 0.29) is 12.3 Å². The number of carbonyl (C=O) groups is 2. The van der Waals surface area contributed by atoms with Crippen LogP contribution in [0.2, 0.25) is 0 Å². The van der Waals surface area contributed by atoms with E-state index in [0.29, 0.717) is 17.8 Å². The van der Waals surface area contributed by atoms with Crippen molar-refractivity contribution in [2.24, 2.45) is 0 Å². The SMILES string of the molecule is CC(=O)Nc1ccc(CC[C@](C)(O)C(=O)Nc2cccnc2)cc1. The molecule has 0 spiro atoms. The van der Waals surface area contributed by atoms with Gasteiger partial charge in [0.15, 0.2) is 0 Å². The summed E-state index contributed by atoms with van der Waals surface area (Å²) in [7, 11) is 0. The van der Waals surface area contributed by atoms with Gasteiger partial charge in [-0.3, -0.25) is 14.6 Å². The third-order valence-corrected chi connectivity index (χ3v) is 3.58. The van der Waals surface area contributed by atoms with Crippen LogP contribution in [0.15, 0.2) is 48.8 Å². The van der Waals surface area contributed by atoms with E-state index in [0.717, 1.165) is 5.56 Å². The van der Waals surface area contributed by atoms with Crippen molar-refractivity contribution in [3.05, 3.63) is 54.4 Å². The Morgan fingerprint density at radius 3 is 2.42 bits per heavy atom. The number of hydrogen-bond donors (Lipinski definition) is 3. The van der Waals surface area contributed by atoms with Crippen molar-refractivity contribution in [3.63, 3.8) is 0 Å². The highest BCUT2D eigenvalue weighted by Gasteiger charge is 2.29. The topological polar surface area (TPSA) is 91.3 Å². The quantitative estimate of drug-likeness (QED) is 0.759. The molecule has 0 saturated carbocycles. The fourth-order valence-corrected chi connectivity index (χ4v) is 2.16. The van der Waals surface area contributed by atoms with Crippen LogP contribution in [-0.4, -0.2) is 27.5 Å². The van der Waals surface area contributed by atoms with Crippen molar-refractivity contribution in [2.75, 3.05) is 10.6 Å². The minimum atomic E-state index is -1.49. The van der Waals surface area contributed by atoms with Crippen molar-refractivity contribution in [2.45, 2.75) is 32.3 Å². The molecule has 1 atom stereocenters. The zero-order chi connectivity index (χ0) is 17.6. The first-order chi connectivity index (χ1) is 11.4. The second kappa shape index (κ2) is 7.70. The van der Waals surface area contributed by atoms with E-state index in [1.54, 1.807) is 30.5 Å². The van der Waals surface area contributed by atoms with Gasteiger partial charge in [0.25, 0.3) is 5.91 Å².